The van der Waals surface area contributed by atoms with Gasteiger partial charge in [-0.15, -0.1) is 12.4 Å². The van der Waals surface area contributed by atoms with Crippen LogP contribution in [0.1, 0.15) is 41.9 Å². The highest BCUT2D eigenvalue weighted by molar-refractivity contribution is 7.90. The van der Waals surface area contributed by atoms with E-state index in [4.69, 9.17) is 4.74 Å². The molecule has 1 heterocycles. The van der Waals surface area contributed by atoms with E-state index in [0.717, 1.165) is 34.7 Å². The molecule has 2 aromatic rings. The Balaban J connectivity index is 0.00000261. The van der Waals surface area contributed by atoms with Gasteiger partial charge >= 0.3 is 0 Å². The van der Waals surface area contributed by atoms with Crippen molar-refractivity contribution in [1.82, 2.24) is 9.71 Å². The number of nitrogens with one attached hydrogen (secondary N) is 1. The summed E-state index contributed by atoms with van der Waals surface area (Å²) in [6.45, 7) is 7.82. The lowest BCUT2D eigenvalue weighted by Crippen LogP contribution is -2.39. The molecule has 148 valence electrons. The van der Waals surface area contributed by atoms with Gasteiger partial charge in [0, 0.05) is 23.0 Å². The van der Waals surface area contributed by atoms with Crippen LogP contribution in [0.3, 0.4) is 0 Å². The maximum atomic E-state index is 12.1. The first-order valence-electron chi connectivity index (χ1n) is 8.93. The Morgan fingerprint density at radius 2 is 1.85 bits per heavy atom. The van der Waals surface area contributed by atoms with Crippen molar-refractivity contribution in [3.05, 3.63) is 58.4 Å². The molecule has 7 heteroatoms. The molecule has 3 rings (SSSR count). The monoisotopic (exact) mass is 410 g/mol. The summed E-state index contributed by atoms with van der Waals surface area (Å²) in [5.74, 6) is 0.802. The highest BCUT2D eigenvalue weighted by Crippen LogP contribution is 2.27. The molecule has 0 spiro atoms. The summed E-state index contributed by atoms with van der Waals surface area (Å²) in [5, 5.41) is -0.420. The van der Waals surface area contributed by atoms with Crippen molar-refractivity contribution in [2.75, 3.05) is 0 Å². The summed E-state index contributed by atoms with van der Waals surface area (Å²) < 4.78 is 32.9. The number of sulfonamides is 1. The fourth-order valence-corrected chi connectivity index (χ4v) is 4.07. The second-order valence-corrected chi connectivity index (χ2v) is 9.50. The van der Waals surface area contributed by atoms with Crippen molar-refractivity contribution in [2.24, 2.45) is 0 Å². The van der Waals surface area contributed by atoms with E-state index in [1.165, 1.54) is 5.56 Å². The van der Waals surface area contributed by atoms with E-state index in [1.54, 1.807) is 13.8 Å². The molecule has 27 heavy (non-hydrogen) atoms. The van der Waals surface area contributed by atoms with Crippen LogP contribution in [-0.2, 0) is 29.5 Å². The number of rotatable bonds is 6. The standard InChI is InChI=1S/C20H26N2O3S.ClH/c1-13(2)26(23,24)22-19-9-16-7-8-20(11-18(16)10-19)25-12-17-6-5-14(3)21-15(17)4;/h5-8,11,13,19,22H,9-10,12H2,1-4H3;1H/t19-;/m0./s1. The van der Waals surface area contributed by atoms with E-state index in [2.05, 4.69) is 9.71 Å². The Morgan fingerprint density at radius 3 is 2.52 bits per heavy atom. The summed E-state index contributed by atoms with van der Waals surface area (Å²) >= 11 is 0. The summed E-state index contributed by atoms with van der Waals surface area (Å²) in [5.41, 5.74) is 5.38. The van der Waals surface area contributed by atoms with E-state index in [9.17, 15) is 8.42 Å². The zero-order valence-electron chi connectivity index (χ0n) is 16.2. The number of halogens is 1. The SMILES string of the molecule is Cc1ccc(COc2ccc3c(c2)C[C@@H](NS(=O)(=O)C(C)C)C3)c(C)n1.Cl. The molecule has 1 aromatic heterocycles. The molecule has 0 bridgehead atoms. The predicted octanol–water partition coefficient (Wildman–Crippen LogP) is 3.49. The van der Waals surface area contributed by atoms with Gasteiger partial charge in [-0.2, -0.15) is 0 Å². The Bertz CT molecular complexity index is 913. The molecule has 0 radical (unpaired) electrons. The van der Waals surface area contributed by atoms with E-state index >= 15 is 0 Å². The highest BCUT2D eigenvalue weighted by atomic mass is 35.5. The predicted molar refractivity (Wildman–Crippen MR) is 110 cm³/mol. The van der Waals surface area contributed by atoms with Crippen LogP contribution >= 0.6 is 12.4 Å². The van der Waals surface area contributed by atoms with Crippen molar-refractivity contribution in [1.29, 1.82) is 0 Å². The molecule has 0 aliphatic heterocycles. The Hall–Kier alpha value is -1.63. The topological polar surface area (TPSA) is 68.3 Å². The number of nitrogens with zero attached hydrogens (tertiary/aromatic N) is 1. The molecule has 0 amide bonds. The number of fused-ring (bicyclic) bond motifs is 1. The Morgan fingerprint density at radius 1 is 1.15 bits per heavy atom. The van der Waals surface area contributed by atoms with Gasteiger partial charge in [-0.25, -0.2) is 13.1 Å². The quantitative estimate of drug-likeness (QED) is 0.791. The van der Waals surface area contributed by atoms with Gasteiger partial charge in [0.1, 0.15) is 12.4 Å². The Kier molecular flexibility index (Phi) is 6.89. The molecule has 1 aromatic carbocycles. The van der Waals surface area contributed by atoms with Gasteiger partial charge in [0.2, 0.25) is 10.0 Å². The van der Waals surface area contributed by atoms with E-state index in [0.29, 0.717) is 13.0 Å². The van der Waals surface area contributed by atoms with Crippen LogP contribution in [0.25, 0.3) is 0 Å². The lowest BCUT2D eigenvalue weighted by molar-refractivity contribution is 0.304. The minimum Gasteiger partial charge on any atom is -0.489 e. The maximum Gasteiger partial charge on any atom is 0.214 e. The summed E-state index contributed by atoms with van der Waals surface area (Å²) in [6.07, 6.45) is 1.42. The first kappa shape index (κ1) is 21.7. The number of hydrogen-bond acceptors (Lipinski definition) is 4. The third-order valence-corrected chi connectivity index (χ3v) is 6.69. The number of pyridine rings is 1. The second kappa shape index (κ2) is 8.59. The van der Waals surface area contributed by atoms with Crippen molar-refractivity contribution in [3.63, 3.8) is 0 Å². The molecule has 1 N–H and O–H groups in total. The third-order valence-electron chi connectivity index (χ3n) is 4.79. The highest BCUT2D eigenvalue weighted by Gasteiger charge is 2.27. The molecule has 0 saturated heterocycles. The number of ether oxygens (including phenoxy) is 1. The lowest BCUT2D eigenvalue weighted by atomic mass is 10.1. The maximum absolute atomic E-state index is 12.1. The molecule has 1 aliphatic rings. The summed E-state index contributed by atoms with van der Waals surface area (Å²) in [7, 11) is -3.25. The first-order valence-corrected chi connectivity index (χ1v) is 10.5. The normalized spacial score (nSPS) is 16.1. The first-order chi connectivity index (χ1) is 12.2. The van der Waals surface area contributed by atoms with Gasteiger partial charge in [-0.05, 0) is 69.9 Å². The fourth-order valence-electron chi connectivity index (χ4n) is 3.17. The van der Waals surface area contributed by atoms with Crippen LogP contribution in [0.15, 0.2) is 30.3 Å². The number of aromatic nitrogens is 1. The van der Waals surface area contributed by atoms with Crippen molar-refractivity contribution in [3.8, 4) is 5.75 Å². The average Bonchev–Trinajstić information content (AvgIpc) is 2.94. The van der Waals surface area contributed by atoms with Crippen molar-refractivity contribution in [2.45, 2.75) is 58.4 Å². The van der Waals surface area contributed by atoms with E-state index in [-0.39, 0.29) is 18.4 Å². The van der Waals surface area contributed by atoms with Crippen LogP contribution in [0, 0.1) is 13.8 Å². The molecule has 0 saturated carbocycles. The molecular weight excluding hydrogens is 384 g/mol. The largest absolute Gasteiger partial charge is 0.489 e. The van der Waals surface area contributed by atoms with Crippen LogP contribution in [0.4, 0.5) is 0 Å². The van der Waals surface area contributed by atoms with Gasteiger partial charge in [0.25, 0.3) is 0 Å². The second-order valence-electron chi connectivity index (χ2n) is 7.23. The molecule has 0 unspecified atom stereocenters. The summed E-state index contributed by atoms with van der Waals surface area (Å²) in [4.78, 5) is 4.46. The molecule has 1 aliphatic carbocycles. The third kappa shape index (κ3) is 5.21. The van der Waals surface area contributed by atoms with Gasteiger partial charge in [-0.3, -0.25) is 4.98 Å². The van der Waals surface area contributed by atoms with Gasteiger partial charge < -0.3 is 4.74 Å². The van der Waals surface area contributed by atoms with E-state index in [1.807, 2.05) is 44.2 Å². The van der Waals surface area contributed by atoms with Gasteiger partial charge in [0.15, 0.2) is 0 Å². The molecule has 5 nitrogen and oxygen atoms in total. The van der Waals surface area contributed by atoms with Crippen LogP contribution in [0.5, 0.6) is 5.75 Å². The zero-order valence-corrected chi connectivity index (χ0v) is 17.8. The number of benzene rings is 1. The van der Waals surface area contributed by atoms with Crippen molar-refractivity contribution >= 4 is 22.4 Å². The fraction of sp³-hybridized carbons (Fsp3) is 0.450. The van der Waals surface area contributed by atoms with Gasteiger partial charge in [0.05, 0.1) is 5.25 Å². The molecular formula is C20H27ClN2O3S. The minimum absolute atomic E-state index is 0. The zero-order chi connectivity index (χ0) is 18.9. The lowest BCUT2D eigenvalue weighted by Gasteiger charge is -2.14. The van der Waals surface area contributed by atoms with Crippen molar-refractivity contribution < 1.29 is 13.2 Å². The molecule has 0 fully saturated rings. The minimum atomic E-state index is -3.25. The average molecular weight is 411 g/mol. The molecule has 1 atom stereocenters. The Labute approximate surface area is 168 Å². The van der Waals surface area contributed by atoms with E-state index < -0.39 is 15.3 Å². The van der Waals surface area contributed by atoms with Crippen LogP contribution in [-0.4, -0.2) is 24.7 Å². The number of hydrogen-bond donors (Lipinski definition) is 1. The van der Waals surface area contributed by atoms with Crippen LogP contribution in [0.2, 0.25) is 0 Å². The van der Waals surface area contributed by atoms with Crippen LogP contribution < -0.4 is 9.46 Å². The smallest absolute Gasteiger partial charge is 0.214 e. The number of aryl methyl sites for hydroxylation is 2. The van der Waals surface area contributed by atoms with Gasteiger partial charge in [-0.1, -0.05) is 12.1 Å². The summed E-state index contributed by atoms with van der Waals surface area (Å²) in [6, 6.07) is 9.97.